The number of aryl methyl sites for hydroxylation is 1. The van der Waals surface area contributed by atoms with Crippen LogP contribution in [-0.2, 0) is 6.42 Å². The van der Waals surface area contributed by atoms with E-state index in [1.807, 2.05) is 0 Å². The van der Waals surface area contributed by atoms with Crippen molar-refractivity contribution in [2.24, 2.45) is 0 Å². The first kappa shape index (κ1) is 14.5. The van der Waals surface area contributed by atoms with Crippen molar-refractivity contribution in [3.05, 3.63) is 10.6 Å². The van der Waals surface area contributed by atoms with E-state index in [9.17, 15) is 4.79 Å². The van der Waals surface area contributed by atoms with Crippen LogP contribution in [0.3, 0.4) is 0 Å². The molecule has 0 amide bonds. The number of hydrogen-bond acceptors (Lipinski definition) is 5. The van der Waals surface area contributed by atoms with Gasteiger partial charge in [0.2, 0.25) is 0 Å². The number of thiazole rings is 1. The maximum Gasteiger partial charge on any atom is 0.186 e. The third kappa shape index (κ3) is 3.34. The molecule has 106 valence electrons. The van der Waals surface area contributed by atoms with Crippen molar-refractivity contribution < 1.29 is 4.79 Å². The molecule has 0 aromatic carbocycles. The first-order chi connectivity index (χ1) is 9.15. The standard InChI is InChI=1S/C14H23N3OS/c1-4-6-12-13(10-18)19-14(15-12)17-8-5-7-11(9-17)16(2)3/h10-11H,4-9H2,1-3H3. The number of nitrogens with zero attached hydrogens (tertiary/aromatic N) is 3. The minimum absolute atomic E-state index is 0.590. The summed E-state index contributed by atoms with van der Waals surface area (Å²) in [6.07, 6.45) is 5.33. The molecule has 4 nitrogen and oxygen atoms in total. The summed E-state index contributed by atoms with van der Waals surface area (Å²) in [6, 6.07) is 0.590. The van der Waals surface area contributed by atoms with Gasteiger partial charge in [-0.05, 0) is 33.4 Å². The van der Waals surface area contributed by atoms with Gasteiger partial charge in [-0.25, -0.2) is 4.98 Å². The summed E-state index contributed by atoms with van der Waals surface area (Å²) in [7, 11) is 4.27. The van der Waals surface area contributed by atoms with Crippen molar-refractivity contribution in [1.82, 2.24) is 9.88 Å². The molecule has 0 radical (unpaired) electrons. The molecule has 0 N–H and O–H groups in total. The Balaban J connectivity index is 2.14. The molecule has 1 aromatic rings. The van der Waals surface area contributed by atoms with E-state index in [-0.39, 0.29) is 0 Å². The van der Waals surface area contributed by atoms with E-state index in [0.29, 0.717) is 6.04 Å². The molecular weight excluding hydrogens is 258 g/mol. The van der Waals surface area contributed by atoms with E-state index in [1.165, 1.54) is 12.8 Å². The lowest BCUT2D eigenvalue weighted by Crippen LogP contribution is -2.45. The minimum Gasteiger partial charge on any atom is -0.347 e. The fourth-order valence-electron chi connectivity index (χ4n) is 2.54. The zero-order chi connectivity index (χ0) is 13.8. The number of piperidine rings is 1. The number of hydrogen-bond donors (Lipinski definition) is 0. The van der Waals surface area contributed by atoms with Crippen LogP contribution < -0.4 is 4.90 Å². The van der Waals surface area contributed by atoms with Crippen molar-refractivity contribution in [3.63, 3.8) is 0 Å². The summed E-state index contributed by atoms with van der Waals surface area (Å²) in [5, 5.41) is 1.03. The van der Waals surface area contributed by atoms with Gasteiger partial charge in [0.05, 0.1) is 10.6 Å². The van der Waals surface area contributed by atoms with Crippen molar-refractivity contribution in [3.8, 4) is 0 Å². The molecule has 0 spiro atoms. The third-order valence-corrected chi connectivity index (χ3v) is 4.79. The van der Waals surface area contributed by atoms with E-state index in [0.717, 1.165) is 47.9 Å². The lowest BCUT2D eigenvalue weighted by atomic mass is 10.1. The first-order valence-corrected chi connectivity index (χ1v) is 7.83. The van der Waals surface area contributed by atoms with E-state index >= 15 is 0 Å². The molecule has 0 saturated carbocycles. The van der Waals surface area contributed by atoms with Crippen molar-refractivity contribution in [2.75, 3.05) is 32.1 Å². The van der Waals surface area contributed by atoms with E-state index < -0.39 is 0 Å². The van der Waals surface area contributed by atoms with Crippen LogP contribution in [0.15, 0.2) is 0 Å². The second-order valence-electron chi connectivity index (χ2n) is 5.38. The van der Waals surface area contributed by atoms with E-state index in [2.05, 4.69) is 35.8 Å². The molecule has 1 fully saturated rings. The van der Waals surface area contributed by atoms with Gasteiger partial charge in [0.1, 0.15) is 0 Å². The quantitative estimate of drug-likeness (QED) is 0.777. The molecule has 1 atom stereocenters. The summed E-state index contributed by atoms with van der Waals surface area (Å²) in [5.41, 5.74) is 0.976. The second kappa shape index (κ2) is 6.48. The van der Waals surface area contributed by atoms with E-state index in [1.54, 1.807) is 11.3 Å². The summed E-state index contributed by atoms with van der Waals surface area (Å²) in [4.78, 5) is 21.2. The average Bonchev–Trinajstić information content (AvgIpc) is 2.82. The number of aromatic nitrogens is 1. The van der Waals surface area contributed by atoms with Gasteiger partial charge >= 0.3 is 0 Å². The van der Waals surface area contributed by atoms with Crippen LogP contribution in [-0.4, -0.2) is 49.4 Å². The number of carbonyl (C=O) groups excluding carboxylic acids is 1. The Bertz CT molecular complexity index is 430. The molecule has 1 saturated heterocycles. The molecule has 19 heavy (non-hydrogen) atoms. The van der Waals surface area contributed by atoms with Crippen LogP contribution in [0.5, 0.6) is 0 Å². The fraction of sp³-hybridized carbons (Fsp3) is 0.714. The molecule has 1 aliphatic rings. The largest absolute Gasteiger partial charge is 0.347 e. The highest BCUT2D eigenvalue weighted by Crippen LogP contribution is 2.29. The maximum absolute atomic E-state index is 11.1. The Hall–Kier alpha value is -0.940. The first-order valence-electron chi connectivity index (χ1n) is 7.02. The Morgan fingerprint density at radius 1 is 1.53 bits per heavy atom. The van der Waals surface area contributed by atoms with Crippen molar-refractivity contribution >= 4 is 22.8 Å². The van der Waals surface area contributed by atoms with Gasteiger partial charge in [0.25, 0.3) is 0 Å². The number of likely N-dealkylation sites (N-methyl/N-ethyl adjacent to an activating group) is 1. The van der Waals surface area contributed by atoms with Gasteiger partial charge in [-0.2, -0.15) is 0 Å². The second-order valence-corrected chi connectivity index (χ2v) is 6.39. The normalized spacial score (nSPS) is 20.0. The number of aldehydes is 1. The maximum atomic E-state index is 11.1. The van der Waals surface area contributed by atoms with Crippen molar-refractivity contribution in [1.29, 1.82) is 0 Å². The summed E-state index contributed by atoms with van der Waals surface area (Å²) >= 11 is 1.55. The predicted octanol–water partition coefficient (Wildman–Crippen LogP) is 2.44. The van der Waals surface area contributed by atoms with Crippen LogP contribution in [0.25, 0.3) is 0 Å². The smallest absolute Gasteiger partial charge is 0.186 e. The number of carbonyl (C=O) groups is 1. The van der Waals surface area contributed by atoms with Gasteiger partial charge in [-0.1, -0.05) is 24.7 Å². The predicted molar refractivity (Wildman–Crippen MR) is 80.4 cm³/mol. The topological polar surface area (TPSA) is 36.4 Å². The van der Waals surface area contributed by atoms with Gasteiger partial charge in [0.15, 0.2) is 11.4 Å². The highest BCUT2D eigenvalue weighted by atomic mass is 32.1. The molecule has 1 unspecified atom stereocenters. The summed E-state index contributed by atoms with van der Waals surface area (Å²) < 4.78 is 0. The minimum atomic E-state index is 0.590. The fourth-order valence-corrected chi connectivity index (χ4v) is 3.50. The molecule has 0 aliphatic carbocycles. The van der Waals surface area contributed by atoms with Crippen molar-refractivity contribution in [2.45, 2.75) is 38.6 Å². The zero-order valence-electron chi connectivity index (χ0n) is 12.1. The van der Waals surface area contributed by atoms with Crippen LogP contribution in [0.4, 0.5) is 5.13 Å². The third-order valence-electron chi connectivity index (χ3n) is 3.71. The molecule has 5 heteroatoms. The summed E-state index contributed by atoms with van der Waals surface area (Å²) in [6.45, 7) is 4.20. The highest BCUT2D eigenvalue weighted by Gasteiger charge is 2.24. The SMILES string of the molecule is CCCc1nc(N2CCCC(N(C)C)C2)sc1C=O. The molecule has 2 rings (SSSR count). The molecule has 0 bridgehead atoms. The molecule has 2 heterocycles. The lowest BCUT2D eigenvalue weighted by Gasteiger charge is -2.35. The Morgan fingerprint density at radius 2 is 2.32 bits per heavy atom. The van der Waals surface area contributed by atoms with Crippen LogP contribution >= 0.6 is 11.3 Å². The van der Waals surface area contributed by atoms with E-state index in [4.69, 9.17) is 0 Å². The van der Waals surface area contributed by atoms with Crippen LogP contribution in [0.2, 0.25) is 0 Å². The van der Waals surface area contributed by atoms with Gasteiger partial charge in [-0.3, -0.25) is 4.79 Å². The average molecular weight is 281 g/mol. The van der Waals surface area contributed by atoms with Crippen LogP contribution in [0, 0.1) is 0 Å². The monoisotopic (exact) mass is 281 g/mol. The number of rotatable bonds is 5. The number of anilines is 1. The Labute approximate surface area is 119 Å². The zero-order valence-corrected chi connectivity index (χ0v) is 12.9. The Morgan fingerprint density at radius 3 is 2.95 bits per heavy atom. The molecular formula is C14H23N3OS. The molecule has 1 aliphatic heterocycles. The Kier molecular flexibility index (Phi) is 4.93. The molecule has 1 aromatic heterocycles. The van der Waals surface area contributed by atoms with Gasteiger partial charge in [0, 0.05) is 19.1 Å². The van der Waals surface area contributed by atoms with Crippen LogP contribution in [0.1, 0.15) is 41.6 Å². The lowest BCUT2D eigenvalue weighted by molar-refractivity contribution is 0.112. The summed E-state index contributed by atoms with van der Waals surface area (Å²) in [5.74, 6) is 0. The highest BCUT2D eigenvalue weighted by molar-refractivity contribution is 7.17. The van der Waals surface area contributed by atoms with Gasteiger partial charge in [-0.15, -0.1) is 0 Å². The van der Waals surface area contributed by atoms with Gasteiger partial charge < -0.3 is 9.80 Å².